The first kappa shape index (κ1) is 61.5. The number of nitrogens with zero attached hydrogens (tertiary/aromatic N) is 3. The summed E-state index contributed by atoms with van der Waals surface area (Å²) >= 11 is 0. The van der Waals surface area contributed by atoms with Crippen molar-refractivity contribution in [3.05, 3.63) is 36.0 Å². The average molecular weight is 1040 g/mol. The minimum Gasteiger partial charge on any atom is -0.480 e. The number of benzene rings is 1. The number of nitriles is 1. The standard InChI is InChI=1S/C52H79N9O13/c1-29(2)23-35(55-45(66)37(25-31(5)6)58-49(70)72-22-20-53)44(65)56-36(24-30(3)4)46(67)59-42(32(7)73-51(8,9)10)48(69)60-21-16-19-40(60)47(68)57-38(43(64)54-27-41(62)63)26-33-28-61(50(71)74-52(11,12)13)39-18-15-14-17-34(33)39/h14-15,17-18,28-32,35-38,40,42H,16,19,21-27H2,1-13H3,(H,54,64)(H,55,66)(H,56,65)(H,57,68)(H,58,70)(H,59,67)(H,62,63)/t32-,35+,36+,37+,38+,40+,42+/m1/s1. The summed E-state index contributed by atoms with van der Waals surface area (Å²) in [7, 11) is 0. The van der Waals surface area contributed by atoms with Crippen molar-refractivity contribution in [2.45, 2.75) is 182 Å². The fourth-order valence-corrected chi connectivity index (χ4v) is 8.53. The van der Waals surface area contributed by atoms with Crippen LogP contribution in [-0.4, -0.2) is 141 Å². The summed E-state index contributed by atoms with van der Waals surface area (Å²) in [4.78, 5) is 124. The van der Waals surface area contributed by atoms with E-state index in [4.69, 9.17) is 19.5 Å². The Balaban J connectivity index is 1.97. The lowest BCUT2D eigenvalue weighted by molar-refractivity contribution is -0.149. The van der Waals surface area contributed by atoms with E-state index in [1.807, 2.05) is 41.5 Å². The van der Waals surface area contributed by atoms with Gasteiger partial charge in [-0.15, -0.1) is 0 Å². The normalized spacial score (nSPS) is 16.3. The molecule has 2 heterocycles. The molecule has 0 spiro atoms. The largest absolute Gasteiger partial charge is 0.480 e. The van der Waals surface area contributed by atoms with Gasteiger partial charge in [0.05, 0.1) is 17.2 Å². The zero-order valence-corrected chi connectivity index (χ0v) is 45.2. The Bertz CT molecular complexity index is 2360. The van der Waals surface area contributed by atoms with Crippen molar-refractivity contribution < 1.29 is 62.5 Å². The highest BCUT2D eigenvalue weighted by Gasteiger charge is 2.43. The summed E-state index contributed by atoms with van der Waals surface area (Å²) in [5.74, 6) is -6.06. The number of hydrogen-bond acceptors (Lipinski definition) is 13. The van der Waals surface area contributed by atoms with E-state index >= 15 is 0 Å². The molecule has 0 radical (unpaired) electrons. The third-order valence-electron chi connectivity index (χ3n) is 11.5. The van der Waals surface area contributed by atoms with Crippen LogP contribution in [0.5, 0.6) is 0 Å². The molecule has 0 saturated carbocycles. The topological polar surface area (TPSA) is 306 Å². The van der Waals surface area contributed by atoms with Crippen LogP contribution in [0.4, 0.5) is 9.59 Å². The summed E-state index contributed by atoms with van der Waals surface area (Å²) in [6.45, 7) is 21.9. The van der Waals surface area contributed by atoms with Crippen molar-refractivity contribution in [2.75, 3.05) is 19.7 Å². The molecular weight excluding hydrogens is 959 g/mol. The molecule has 22 nitrogen and oxygen atoms in total. The molecular formula is C52H79N9O13. The molecule has 0 aliphatic carbocycles. The molecule has 2 aromatic rings. The van der Waals surface area contributed by atoms with E-state index in [2.05, 4.69) is 31.9 Å². The van der Waals surface area contributed by atoms with E-state index in [0.717, 1.165) is 0 Å². The van der Waals surface area contributed by atoms with Gasteiger partial charge in [0.15, 0.2) is 6.61 Å². The highest BCUT2D eigenvalue weighted by atomic mass is 16.6. The smallest absolute Gasteiger partial charge is 0.419 e. The van der Waals surface area contributed by atoms with Gasteiger partial charge in [-0.2, -0.15) is 5.26 Å². The zero-order chi connectivity index (χ0) is 55.8. The molecule has 7 N–H and O–H groups in total. The first-order valence-corrected chi connectivity index (χ1v) is 25.2. The second-order valence-electron chi connectivity index (χ2n) is 22.0. The van der Waals surface area contributed by atoms with Crippen molar-refractivity contribution in [2.24, 2.45) is 17.8 Å². The minimum absolute atomic E-state index is 0.0726. The number of alkyl carbamates (subject to hydrolysis) is 1. The van der Waals surface area contributed by atoms with Crippen LogP contribution in [0.2, 0.25) is 0 Å². The van der Waals surface area contributed by atoms with Gasteiger partial charge in [0.1, 0.15) is 54.5 Å². The van der Waals surface area contributed by atoms with E-state index in [1.165, 1.54) is 15.7 Å². The molecule has 1 aliphatic heterocycles. The van der Waals surface area contributed by atoms with Crippen LogP contribution in [0.25, 0.3) is 10.9 Å². The van der Waals surface area contributed by atoms with Crippen molar-refractivity contribution in [3.8, 4) is 6.07 Å². The Morgan fingerprint density at radius 3 is 1.78 bits per heavy atom. The molecule has 3 rings (SSSR count). The molecule has 1 saturated heterocycles. The number of carboxylic acids is 1. The summed E-state index contributed by atoms with van der Waals surface area (Å²) in [5, 5.41) is 34.7. The van der Waals surface area contributed by atoms with Crippen molar-refractivity contribution >= 4 is 64.5 Å². The van der Waals surface area contributed by atoms with E-state index in [0.29, 0.717) is 22.9 Å². The van der Waals surface area contributed by atoms with Crippen LogP contribution < -0.4 is 31.9 Å². The number of hydrogen-bond donors (Lipinski definition) is 7. The third kappa shape index (κ3) is 19.6. The Hall–Kier alpha value is -6.76. The maximum absolute atomic E-state index is 14.9. The molecule has 1 aromatic carbocycles. The number of carbonyl (C=O) groups is 9. The number of nitrogens with one attached hydrogen (secondary N) is 6. The van der Waals surface area contributed by atoms with E-state index in [9.17, 15) is 48.3 Å². The highest BCUT2D eigenvalue weighted by molar-refractivity contribution is 5.98. The second-order valence-corrected chi connectivity index (χ2v) is 22.0. The summed E-state index contributed by atoms with van der Waals surface area (Å²) in [6, 6.07) is 1.09. The number of rotatable bonds is 24. The molecule has 0 unspecified atom stereocenters. The minimum atomic E-state index is -1.41. The first-order chi connectivity index (χ1) is 34.4. The first-order valence-electron chi connectivity index (χ1n) is 25.2. The maximum atomic E-state index is 14.9. The number of carbonyl (C=O) groups excluding carboxylic acids is 8. The monoisotopic (exact) mass is 1040 g/mol. The van der Waals surface area contributed by atoms with Gasteiger partial charge < -0.3 is 56.1 Å². The molecule has 410 valence electrons. The van der Waals surface area contributed by atoms with Gasteiger partial charge in [-0.05, 0) is 110 Å². The SMILES string of the molecule is CC(C)C[C@H](NC(=O)OCC#N)C(=O)N[C@@H](CC(C)C)C(=O)N[C@@H](CC(C)C)C(=O)N[C@H](C(=O)N1CCC[C@H]1C(=O)N[C@@H](Cc1cn(C(=O)OC(C)(C)C)c2ccccc12)C(=O)NCC(=O)O)[C@@H](C)OC(C)(C)C. The molecule has 7 atom stereocenters. The van der Waals surface area contributed by atoms with E-state index in [1.54, 1.807) is 78.8 Å². The van der Waals surface area contributed by atoms with Crippen molar-refractivity contribution in [1.29, 1.82) is 5.26 Å². The van der Waals surface area contributed by atoms with Gasteiger partial charge in [-0.1, -0.05) is 59.7 Å². The van der Waals surface area contributed by atoms with E-state index < -0.39 is 120 Å². The van der Waals surface area contributed by atoms with Crippen molar-refractivity contribution in [1.82, 2.24) is 41.4 Å². The predicted octanol–water partition coefficient (Wildman–Crippen LogP) is 4.06. The lowest BCUT2D eigenvalue weighted by Gasteiger charge is -2.35. The van der Waals surface area contributed by atoms with Gasteiger partial charge in [-0.3, -0.25) is 38.1 Å². The number of amides is 7. The average Bonchev–Trinajstić information content (AvgIpc) is 3.92. The molecule has 7 amide bonds. The van der Waals surface area contributed by atoms with E-state index in [-0.39, 0.29) is 56.4 Å². The Morgan fingerprint density at radius 2 is 1.27 bits per heavy atom. The number of aliphatic carboxylic acids is 1. The summed E-state index contributed by atoms with van der Waals surface area (Å²) in [6.07, 6.45) is -0.403. The lowest BCUT2D eigenvalue weighted by Crippen LogP contribution is -2.62. The summed E-state index contributed by atoms with van der Waals surface area (Å²) in [5.41, 5.74) is -0.730. The fraction of sp³-hybridized carbons (Fsp3) is 0.654. The fourth-order valence-electron chi connectivity index (χ4n) is 8.53. The van der Waals surface area contributed by atoms with Crippen LogP contribution in [-0.2, 0) is 54.2 Å². The number of likely N-dealkylation sites (tertiary alicyclic amines) is 1. The van der Waals surface area contributed by atoms with Crippen LogP contribution >= 0.6 is 0 Å². The second kappa shape index (κ2) is 27.5. The molecule has 74 heavy (non-hydrogen) atoms. The Labute approximate surface area is 434 Å². The van der Waals surface area contributed by atoms with Crippen LogP contribution in [0.15, 0.2) is 30.5 Å². The maximum Gasteiger partial charge on any atom is 0.419 e. The zero-order valence-electron chi connectivity index (χ0n) is 45.2. The number of carboxylic acid groups (broad SMARTS) is 1. The van der Waals surface area contributed by atoms with Gasteiger partial charge in [-0.25, -0.2) is 9.59 Å². The quantitative estimate of drug-likeness (QED) is 0.0781. The highest BCUT2D eigenvalue weighted by Crippen LogP contribution is 2.26. The number of fused-ring (bicyclic) bond motifs is 1. The third-order valence-corrected chi connectivity index (χ3v) is 11.5. The van der Waals surface area contributed by atoms with Gasteiger partial charge in [0, 0.05) is 24.5 Å². The summed E-state index contributed by atoms with van der Waals surface area (Å²) < 4.78 is 18.0. The van der Waals surface area contributed by atoms with Crippen LogP contribution in [0, 0.1) is 29.1 Å². The lowest BCUT2D eigenvalue weighted by atomic mass is 9.98. The van der Waals surface area contributed by atoms with Crippen molar-refractivity contribution in [3.63, 3.8) is 0 Å². The molecule has 0 bridgehead atoms. The number of ether oxygens (including phenoxy) is 3. The van der Waals surface area contributed by atoms with Gasteiger partial charge in [0.25, 0.3) is 0 Å². The molecule has 1 fully saturated rings. The Morgan fingerprint density at radius 1 is 0.730 bits per heavy atom. The van der Waals surface area contributed by atoms with Gasteiger partial charge in [0.2, 0.25) is 35.4 Å². The predicted molar refractivity (Wildman–Crippen MR) is 273 cm³/mol. The van der Waals surface area contributed by atoms with Gasteiger partial charge >= 0.3 is 18.2 Å². The molecule has 1 aromatic heterocycles. The number of aromatic nitrogens is 1. The Kier molecular flexibility index (Phi) is 22.9. The molecule has 22 heteroatoms. The van der Waals surface area contributed by atoms with Crippen LogP contribution in [0.3, 0.4) is 0 Å². The molecule has 1 aliphatic rings. The number of para-hydroxylation sites is 1. The van der Waals surface area contributed by atoms with Crippen LogP contribution in [0.1, 0.15) is 128 Å².